The lowest BCUT2D eigenvalue weighted by atomic mass is 9.98. The number of carbonyl (C=O) groups is 1. The number of hydrogen-bond donors (Lipinski definition) is 2. The maximum absolute atomic E-state index is 13.8. The minimum absolute atomic E-state index is 0.0456. The Morgan fingerprint density at radius 2 is 1.78 bits per heavy atom. The van der Waals surface area contributed by atoms with Crippen LogP contribution in [0.3, 0.4) is 0 Å². The second-order valence-electron chi connectivity index (χ2n) is 9.76. The van der Waals surface area contributed by atoms with Gasteiger partial charge < -0.3 is 15.4 Å². The van der Waals surface area contributed by atoms with Crippen LogP contribution in [0.1, 0.15) is 49.8 Å². The van der Waals surface area contributed by atoms with E-state index in [1.165, 1.54) is 23.3 Å². The number of hydrogen-bond acceptors (Lipinski definition) is 4. The van der Waals surface area contributed by atoms with E-state index in [-0.39, 0.29) is 11.9 Å². The van der Waals surface area contributed by atoms with Gasteiger partial charge in [0.15, 0.2) is 0 Å². The Balaban J connectivity index is 1.51. The number of carbonyl (C=O) groups excluding carboxylic acids is 1. The standard InChI is InChI=1S/C29H41F2N3O2/c1-3-22-6-5-7-24(14-22)19-32-11-8-28(17-25-15-26(30)18-27(31)16-25)33-29(35)20-34-12-9-23(10-13-34)21-36-4-2/h5-7,14-16,18,23,28,32H,3-4,8-13,17,19-21H2,1-2H3,(H,33,35)/t28-/m1/s1. The third-order valence-corrected chi connectivity index (χ3v) is 6.80. The summed E-state index contributed by atoms with van der Waals surface area (Å²) in [7, 11) is 0. The lowest BCUT2D eigenvalue weighted by Gasteiger charge is -2.31. The Hall–Kier alpha value is -2.35. The summed E-state index contributed by atoms with van der Waals surface area (Å²) >= 11 is 0. The first-order valence-electron chi connectivity index (χ1n) is 13.3. The molecule has 1 atom stereocenters. The number of amides is 1. The molecule has 0 unspecified atom stereocenters. The highest BCUT2D eigenvalue weighted by Crippen LogP contribution is 2.17. The zero-order valence-corrected chi connectivity index (χ0v) is 21.7. The van der Waals surface area contributed by atoms with Gasteiger partial charge in [0.2, 0.25) is 5.91 Å². The molecule has 198 valence electrons. The summed E-state index contributed by atoms with van der Waals surface area (Å²) in [5.41, 5.74) is 3.06. The Kier molecular flexibility index (Phi) is 11.8. The number of benzene rings is 2. The van der Waals surface area contributed by atoms with Gasteiger partial charge >= 0.3 is 0 Å². The van der Waals surface area contributed by atoms with E-state index in [9.17, 15) is 13.6 Å². The number of halogens is 2. The molecule has 0 aromatic heterocycles. The zero-order chi connectivity index (χ0) is 25.8. The molecule has 1 aliphatic heterocycles. The van der Waals surface area contributed by atoms with Crippen molar-refractivity contribution in [2.75, 3.05) is 39.4 Å². The first kappa shape index (κ1) is 28.2. The van der Waals surface area contributed by atoms with Crippen LogP contribution in [0.2, 0.25) is 0 Å². The van der Waals surface area contributed by atoms with Crippen molar-refractivity contribution >= 4 is 5.91 Å². The zero-order valence-electron chi connectivity index (χ0n) is 21.7. The summed E-state index contributed by atoms with van der Waals surface area (Å²) in [5, 5.41) is 6.57. The molecule has 3 rings (SSSR count). The van der Waals surface area contributed by atoms with Crippen LogP contribution in [-0.4, -0.2) is 56.2 Å². The molecule has 0 bridgehead atoms. The van der Waals surface area contributed by atoms with Gasteiger partial charge in [-0.2, -0.15) is 0 Å². The minimum atomic E-state index is -0.598. The molecule has 0 radical (unpaired) electrons. The van der Waals surface area contributed by atoms with Crippen LogP contribution in [0, 0.1) is 17.6 Å². The smallest absolute Gasteiger partial charge is 0.234 e. The molecule has 1 amide bonds. The molecule has 2 aromatic carbocycles. The molecule has 36 heavy (non-hydrogen) atoms. The normalized spacial score (nSPS) is 15.7. The number of aryl methyl sites for hydroxylation is 1. The number of piperidine rings is 1. The van der Waals surface area contributed by atoms with Crippen molar-refractivity contribution in [3.63, 3.8) is 0 Å². The van der Waals surface area contributed by atoms with Crippen molar-refractivity contribution in [2.45, 2.75) is 58.5 Å². The third kappa shape index (κ3) is 9.96. The molecule has 1 aliphatic rings. The van der Waals surface area contributed by atoms with Crippen LogP contribution in [0.15, 0.2) is 42.5 Å². The van der Waals surface area contributed by atoms with Crippen LogP contribution in [-0.2, 0) is 28.9 Å². The second-order valence-corrected chi connectivity index (χ2v) is 9.76. The molecule has 1 heterocycles. The number of nitrogens with zero attached hydrogens (tertiary/aromatic N) is 1. The summed E-state index contributed by atoms with van der Waals surface area (Å²) in [6.07, 6.45) is 4.10. The van der Waals surface area contributed by atoms with Crippen molar-refractivity contribution in [3.05, 3.63) is 70.8 Å². The fraction of sp³-hybridized carbons (Fsp3) is 0.552. The van der Waals surface area contributed by atoms with Crippen LogP contribution in [0.25, 0.3) is 0 Å². The van der Waals surface area contributed by atoms with Gasteiger partial charge in [-0.05, 0) is 93.4 Å². The van der Waals surface area contributed by atoms with Crippen molar-refractivity contribution in [1.29, 1.82) is 0 Å². The number of likely N-dealkylation sites (tertiary alicyclic amines) is 1. The molecule has 7 heteroatoms. The van der Waals surface area contributed by atoms with E-state index >= 15 is 0 Å². The molecule has 2 aromatic rings. The largest absolute Gasteiger partial charge is 0.381 e. The van der Waals surface area contributed by atoms with Crippen molar-refractivity contribution in [2.24, 2.45) is 5.92 Å². The van der Waals surface area contributed by atoms with Crippen LogP contribution >= 0.6 is 0 Å². The van der Waals surface area contributed by atoms with Crippen molar-refractivity contribution in [1.82, 2.24) is 15.5 Å². The molecule has 1 saturated heterocycles. The topological polar surface area (TPSA) is 53.6 Å². The summed E-state index contributed by atoms with van der Waals surface area (Å²) in [6, 6.07) is 11.8. The predicted molar refractivity (Wildman–Crippen MR) is 140 cm³/mol. The van der Waals surface area contributed by atoms with Gasteiger partial charge in [0, 0.05) is 31.9 Å². The summed E-state index contributed by atoms with van der Waals surface area (Å²) in [4.78, 5) is 15.1. The average molecular weight is 502 g/mol. The van der Waals surface area contributed by atoms with Gasteiger partial charge in [-0.1, -0.05) is 31.2 Å². The quantitative estimate of drug-likeness (QED) is 0.375. The lowest BCUT2D eigenvalue weighted by molar-refractivity contribution is -0.123. The van der Waals surface area contributed by atoms with E-state index in [0.29, 0.717) is 37.4 Å². The lowest BCUT2D eigenvalue weighted by Crippen LogP contribution is -2.46. The molecule has 1 fully saturated rings. The predicted octanol–water partition coefficient (Wildman–Crippen LogP) is 4.48. The first-order valence-corrected chi connectivity index (χ1v) is 13.3. The van der Waals surface area contributed by atoms with E-state index in [1.54, 1.807) is 0 Å². The average Bonchev–Trinajstić information content (AvgIpc) is 2.85. The van der Waals surface area contributed by atoms with Gasteiger partial charge in [0.25, 0.3) is 0 Å². The summed E-state index contributed by atoms with van der Waals surface area (Å²) in [5.74, 6) is -0.683. The van der Waals surface area contributed by atoms with E-state index in [2.05, 4.69) is 46.7 Å². The third-order valence-electron chi connectivity index (χ3n) is 6.80. The van der Waals surface area contributed by atoms with E-state index in [0.717, 1.165) is 58.2 Å². The van der Waals surface area contributed by atoms with Crippen LogP contribution in [0.4, 0.5) is 8.78 Å². The fourth-order valence-electron chi connectivity index (χ4n) is 4.78. The fourth-order valence-corrected chi connectivity index (χ4v) is 4.78. The maximum atomic E-state index is 13.8. The van der Waals surface area contributed by atoms with E-state index in [1.807, 2.05) is 6.92 Å². The van der Waals surface area contributed by atoms with E-state index in [4.69, 9.17) is 4.74 Å². The Morgan fingerprint density at radius 3 is 2.47 bits per heavy atom. The van der Waals surface area contributed by atoms with Gasteiger partial charge in [0.05, 0.1) is 6.54 Å². The summed E-state index contributed by atoms with van der Waals surface area (Å²) in [6.45, 7) is 9.18. The van der Waals surface area contributed by atoms with Crippen LogP contribution < -0.4 is 10.6 Å². The number of ether oxygens (including phenoxy) is 1. The van der Waals surface area contributed by atoms with E-state index < -0.39 is 11.6 Å². The van der Waals surface area contributed by atoms with Gasteiger partial charge in [-0.15, -0.1) is 0 Å². The first-order chi connectivity index (χ1) is 17.4. The Labute approximate surface area is 214 Å². The maximum Gasteiger partial charge on any atom is 0.234 e. The highest BCUT2D eigenvalue weighted by atomic mass is 19.1. The highest BCUT2D eigenvalue weighted by molar-refractivity contribution is 5.78. The van der Waals surface area contributed by atoms with Crippen LogP contribution in [0.5, 0.6) is 0 Å². The Morgan fingerprint density at radius 1 is 1.06 bits per heavy atom. The van der Waals surface area contributed by atoms with Gasteiger partial charge in [0.1, 0.15) is 11.6 Å². The molecular weight excluding hydrogens is 460 g/mol. The molecular formula is C29H41F2N3O2. The van der Waals surface area contributed by atoms with Crippen molar-refractivity contribution < 1.29 is 18.3 Å². The monoisotopic (exact) mass is 501 g/mol. The second kappa shape index (κ2) is 15.0. The number of nitrogens with one attached hydrogen (secondary N) is 2. The Bertz CT molecular complexity index is 928. The molecule has 2 N–H and O–H groups in total. The molecule has 0 aliphatic carbocycles. The van der Waals surface area contributed by atoms with Gasteiger partial charge in [-0.25, -0.2) is 8.78 Å². The number of rotatable bonds is 14. The molecule has 5 nitrogen and oxygen atoms in total. The minimum Gasteiger partial charge on any atom is -0.381 e. The van der Waals surface area contributed by atoms with Crippen molar-refractivity contribution in [3.8, 4) is 0 Å². The molecule has 0 saturated carbocycles. The highest BCUT2D eigenvalue weighted by Gasteiger charge is 2.22. The summed E-state index contributed by atoms with van der Waals surface area (Å²) < 4.78 is 33.1. The molecule has 0 spiro atoms. The van der Waals surface area contributed by atoms with Gasteiger partial charge in [-0.3, -0.25) is 9.69 Å². The SMILES string of the molecule is CCOCC1CCN(CC(=O)N[C@H](CCNCc2cccc(CC)c2)Cc2cc(F)cc(F)c2)CC1.